The van der Waals surface area contributed by atoms with Gasteiger partial charge in [-0.1, -0.05) is 12.1 Å². The first-order valence-corrected chi connectivity index (χ1v) is 7.13. The van der Waals surface area contributed by atoms with Gasteiger partial charge in [-0.15, -0.1) is 0 Å². The third-order valence-corrected chi connectivity index (χ3v) is 3.30. The first kappa shape index (κ1) is 20.1. The van der Waals surface area contributed by atoms with Gasteiger partial charge in [0.2, 0.25) is 11.6 Å². The number of carbonyl (C=O) groups is 1. The van der Waals surface area contributed by atoms with E-state index in [-0.39, 0.29) is 11.4 Å². The van der Waals surface area contributed by atoms with Crippen LogP contribution in [0.15, 0.2) is 24.3 Å². The molecule has 2 rings (SSSR count). The second-order valence-corrected chi connectivity index (χ2v) is 5.12. The first-order valence-electron chi connectivity index (χ1n) is 7.13. The number of aromatic nitrogens is 2. The Kier molecular flexibility index (Phi) is 5.61. The van der Waals surface area contributed by atoms with E-state index >= 15 is 0 Å². The minimum atomic E-state index is -5.09. The van der Waals surface area contributed by atoms with Gasteiger partial charge in [0.1, 0.15) is 18.0 Å². The number of anilines is 1. The molecule has 0 radical (unpaired) electrons. The number of hydrogen-bond donors (Lipinski definition) is 1. The third kappa shape index (κ3) is 4.68. The van der Waals surface area contributed by atoms with Crippen LogP contribution in [0.3, 0.4) is 0 Å². The Morgan fingerprint density at radius 3 is 2.52 bits per heavy atom. The molecule has 0 bridgehead atoms. The van der Waals surface area contributed by atoms with E-state index in [9.17, 15) is 36.9 Å². The summed E-state index contributed by atoms with van der Waals surface area (Å²) in [5.74, 6) is -1.31. The van der Waals surface area contributed by atoms with Crippen LogP contribution in [0.2, 0.25) is 0 Å². The number of nitrogens with one attached hydrogen (secondary N) is 1. The topological polar surface area (TPSA) is 99.3 Å². The van der Waals surface area contributed by atoms with Crippen LogP contribution in [-0.4, -0.2) is 27.2 Å². The van der Waals surface area contributed by atoms with Gasteiger partial charge in [-0.25, -0.2) is 0 Å². The monoisotopic (exact) mass is 394 g/mol. The van der Waals surface area contributed by atoms with E-state index in [1.54, 1.807) is 0 Å². The summed E-state index contributed by atoms with van der Waals surface area (Å²) in [7, 11) is 0. The molecule has 8 nitrogen and oxygen atoms in total. The molecule has 2 aromatic rings. The fourth-order valence-electron chi connectivity index (χ4n) is 2.19. The zero-order chi connectivity index (χ0) is 20.4. The molecule has 0 unspecified atom stereocenters. The number of para-hydroxylation sites is 2. The summed E-state index contributed by atoms with van der Waals surface area (Å²) in [6, 6.07) is 5.15. The van der Waals surface area contributed by atoms with Gasteiger partial charge in [0, 0.05) is 0 Å². The van der Waals surface area contributed by atoms with Crippen molar-refractivity contribution in [3.63, 3.8) is 0 Å². The molecule has 0 spiro atoms. The number of alkyl halides is 5. The lowest BCUT2D eigenvalue weighted by Gasteiger charge is -2.12. The summed E-state index contributed by atoms with van der Waals surface area (Å²) in [6.07, 6.45) is -5.09. The van der Waals surface area contributed by atoms with E-state index in [0.29, 0.717) is 4.68 Å². The number of benzene rings is 1. The van der Waals surface area contributed by atoms with Crippen LogP contribution < -0.4 is 10.1 Å². The summed E-state index contributed by atoms with van der Waals surface area (Å²) in [5, 5.41) is 16.2. The van der Waals surface area contributed by atoms with E-state index in [2.05, 4.69) is 15.2 Å². The average Bonchev–Trinajstić information content (AvgIpc) is 2.86. The number of rotatable bonds is 6. The van der Waals surface area contributed by atoms with Crippen LogP contribution in [0, 0.1) is 17.0 Å². The zero-order valence-corrected chi connectivity index (χ0v) is 13.5. The Bertz CT molecular complexity index is 866. The zero-order valence-electron chi connectivity index (χ0n) is 13.5. The minimum absolute atomic E-state index is 0.154. The molecule has 0 atom stereocenters. The Balaban J connectivity index is 2.26. The van der Waals surface area contributed by atoms with Gasteiger partial charge in [0.05, 0.1) is 10.6 Å². The van der Waals surface area contributed by atoms with Crippen molar-refractivity contribution in [1.29, 1.82) is 0 Å². The molecular formula is C14H11F5N4O4. The second-order valence-electron chi connectivity index (χ2n) is 5.12. The van der Waals surface area contributed by atoms with Gasteiger partial charge in [0.25, 0.3) is 0 Å². The maximum atomic E-state index is 12.9. The van der Waals surface area contributed by atoms with Gasteiger partial charge in [-0.2, -0.15) is 27.1 Å². The number of ether oxygens (including phenoxy) is 1. The largest absolute Gasteiger partial charge is 0.442 e. The number of nitro groups is 1. The SMILES string of the molecule is Cc1c([N+](=O)[O-])c(C(F)(F)F)nn1CC(=O)Nc1ccccc1OC(F)F. The van der Waals surface area contributed by atoms with Gasteiger partial charge >= 0.3 is 18.5 Å². The van der Waals surface area contributed by atoms with E-state index in [4.69, 9.17) is 0 Å². The molecule has 27 heavy (non-hydrogen) atoms. The molecule has 146 valence electrons. The highest BCUT2D eigenvalue weighted by Crippen LogP contribution is 2.37. The van der Waals surface area contributed by atoms with Crippen LogP contribution in [0.1, 0.15) is 11.4 Å². The van der Waals surface area contributed by atoms with E-state index in [0.717, 1.165) is 13.0 Å². The number of carbonyl (C=O) groups excluding carboxylic acids is 1. The van der Waals surface area contributed by atoms with Crippen molar-refractivity contribution in [2.24, 2.45) is 0 Å². The summed E-state index contributed by atoms with van der Waals surface area (Å²) in [6.45, 7) is -2.97. The van der Waals surface area contributed by atoms with E-state index in [1.807, 2.05) is 0 Å². The predicted molar refractivity (Wildman–Crippen MR) is 80.3 cm³/mol. The average molecular weight is 394 g/mol. The molecule has 1 amide bonds. The normalized spacial score (nSPS) is 11.5. The molecule has 0 fully saturated rings. The molecule has 13 heteroatoms. The fourth-order valence-corrected chi connectivity index (χ4v) is 2.19. The van der Waals surface area contributed by atoms with Crippen LogP contribution >= 0.6 is 0 Å². The highest BCUT2D eigenvalue weighted by molar-refractivity contribution is 5.92. The van der Waals surface area contributed by atoms with Crippen molar-refractivity contribution < 1.29 is 36.4 Å². The molecule has 1 aromatic heterocycles. The van der Waals surface area contributed by atoms with Crippen molar-refractivity contribution in [2.75, 3.05) is 5.32 Å². The number of halogens is 5. The lowest BCUT2D eigenvalue weighted by Crippen LogP contribution is -2.21. The standard InChI is InChI=1S/C14H11F5N4O4/c1-7-11(23(25)26)12(14(17,18)19)21-22(7)6-10(24)20-8-4-2-3-5-9(8)27-13(15)16/h2-5,13H,6H2,1H3,(H,20,24). The summed E-state index contributed by atoms with van der Waals surface area (Å²) >= 11 is 0. The van der Waals surface area contributed by atoms with Crippen molar-refractivity contribution in [1.82, 2.24) is 9.78 Å². The van der Waals surface area contributed by atoms with Gasteiger partial charge in [-0.05, 0) is 19.1 Å². The number of hydrogen-bond acceptors (Lipinski definition) is 5. The van der Waals surface area contributed by atoms with Crippen LogP contribution in [-0.2, 0) is 17.5 Å². The van der Waals surface area contributed by atoms with E-state index < -0.39 is 47.2 Å². The maximum absolute atomic E-state index is 12.9. The van der Waals surface area contributed by atoms with Crippen LogP contribution in [0.4, 0.5) is 33.3 Å². The fraction of sp³-hybridized carbons (Fsp3) is 0.286. The molecular weight excluding hydrogens is 383 g/mol. The van der Waals surface area contributed by atoms with Crippen molar-refractivity contribution in [3.8, 4) is 5.75 Å². The molecule has 1 N–H and O–H groups in total. The smallest absolute Gasteiger partial charge is 0.433 e. The molecule has 1 aromatic carbocycles. The minimum Gasteiger partial charge on any atom is -0.433 e. The van der Waals surface area contributed by atoms with E-state index in [1.165, 1.54) is 18.2 Å². The molecule has 0 saturated heterocycles. The lowest BCUT2D eigenvalue weighted by atomic mass is 10.3. The predicted octanol–water partition coefficient (Wildman–Crippen LogP) is 3.36. The maximum Gasteiger partial charge on any atom is 0.442 e. The highest BCUT2D eigenvalue weighted by atomic mass is 19.4. The van der Waals surface area contributed by atoms with Crippen molar-refractivity contribution in [2.45, 2.75) is 26.3 Å². The molecule has 0 aliphatic heterocycles. The Labute approximate surface area is 147 Å². The molecule has 0 aliphatic rings. The first-order chi connectivity index (χ1) is 12.5. The van der Waals surface area contributed by atoms with Gasteiger partial charge < -0.3 is 10.1 Å². The summed E-state index contributed by atoms with van der Waals surface area (Å²) in [5.41, 5.74) is -3.64. The van der Waals surface area contributed by atoms with Crippen LogP contribution in [0.5, 0.6) is 5.75 Å². The number of amides is 1. The Morgan fingerprint density at radius 1 is 1.37 bits per heavy atom. The lowest BCUT2D eigenvalue weighted by molar-refractivity contribution is -0.388. The van der Waals surface area contributed by atoms with Gasteiger partial charge in [-0.3, -0.25) is 19.6 Å². The Morgan fingerprint density at radius 2 is 2.00 bits per heavy atom. The Hall–Kier alpha value is -3.25. The number of nitrogens with zero attached hydrogens (tertiary/aromatic N) is 3. The third-order valence-electron chi connectivity index (χ3n) is 3.30. The molecule has 0 aliphatic carbocycles. The summed E-state index contributed by atoms with van der Waals surface area (Å²) < 4.78 is 68.1. The molecule has 0 saturated carbocycles. The van der Waals surface area contributed by atoms with Crippen molar-refractivity contribution >= 4 is 17.3 Å². The highest BCUT2D eigenvalue weighted by Gasteiger charge is 2.44. The summed E-state index contributed by atoms with van der Waals surface area (Å²) in [4.78, 5) is 21.7. The van der Waals surface area contributed by atoms with Gasteiger partial charge in [0.15, 0.2) is 0 Å². The van der Waals surface area contributed by atoms with Crippen LogP contribution in [0.25, 0.3) is 0 Å². The quantitative estimate of drug-likeness (QED) is 0.460. The second kappa shape index (κ2) is 7.55. The molecule has 1 heterocycles. The van der Waals surface area contributed by atoms with Crippen molar-refractivity contribution in [3.05, 3.63) is 45.8 Å².